The molecule has 8 nitrogen and oxygen atoms in total. The summed E-state index contributed by atoms with van der Waals surface area (Å²) in [7, 11) is -2.91. The lowest BCUT2D eigenvalue weighted by Gasteiger charge is -2.38. The normalized spacial score (nSPS) is 25.2. The first-order chi connectivity index (χ1) is 13.9. The molecule has 1 aromatic carbocycles. The van der Waals surface area contributed by atoms with E-state index >= 15 is 0 Å². The molecule has 3 aliphatic heterocycles. The minimum atomic E-state index is -2.91. The Morgan fingerprint density at radius 1 is 1.07 bits per heavy atom. The molecule has 0 radical (unpaired) electrons. The molecule has 4 rings (SSSR count). The van der Waals surface area contributed by atoms with Gasteiger partial charge in [-0.05, 0) is 12.0 Å². The van der Waals surface area contributed by atoms with Gasteiger partial charge in [0.15, 0.2) is 9.84 Å². The van der Waals surface area contributed by atoms with Crippen molar-refractivity contribution in [1.82, 2.24) is 14.8 Å². The summed E-state index contributed by atoms with van der Waals surface area (Å²) in [5.74, 6) is 0.301. The van der Waals surface area contributed by atoms with Crippen molar-refractivity contribution in [3.63, 3.8) is 0 Å². The van der Waals surface area contributed by atoms with Gasteiger partial charge in [-0.1, -0.05) is 30.3 Å². The van der Waals surface area contributed by atoms with Gasteiger partial charge in [-0.2, -0.15) is 5.10 Å². The van der Waals surface area contributed by atoms with Crippen LogP contribution in [0.1, 0.15) is 24.8 Å². The molecule has 0 saturated carbocycles. The Morgan fingerprint density at radius 3 is 2.45 bits per heavy atom. The number of benzene rings is 1. The Hall–Kier alpha value is -2.26. The maximum Gasteiger partial charge on any atom is 0.270 e. The number of amides is 2. The zero-order valence-electron chi connectivity index (χ0n) is 16.4. The Bertz CT molecular complexity index is 908. The second kappa shape index (κ2) is 8.23. The lowest BCUT2D eigenvalue weighted by atomic mass is 10.1. The maximum atomic E-state index is 12.9. The van der Waals surface area contributed by atoms with Crippen LogP contribution in [-0.2, 0) is 26.0 Å². The van der Waals surface area contributed by atoms with E-state index in [0.29, 0.717) is 51.3 Å². The standard InChI is InChI=1S/C20H26N4O4S/c25-19-7-6-18(21-24(19)14-16-4-2-1-3-5-16)20(26)23-11-9-22(10-12-23)17-8-13-29(27,28)15-17/h1-5,17H,6-15H2. The Labute approximate surface area is 171 Å². The predicted molar refractivity (Wildman–Crippen MR) is 109 cm³/mol. The summed E-state index contributed by atoms with van der Waals surface area (Å²) in [4.78, 5) is 29.1. The molecule has 0 spiro atoms. The summed E-state index contributed by atoms with van der Waals surface area (Å²) >= 11 is 0. The van der Waals surface area contributed by atoms with E-state index in [9.17, 15) is 18.0 Å². The molecule has 9 heteroatoms. The summed E-state index contributed by atoms with van der Waals surface area (Å²) in [5, 5.41) is 5.76. The number of rotatable bonds is 4. The van der Waals surface area contributed by atoms with Crippen LogP contribution in [0.25, 0.3) is 0 Å². The summed E-state index contributed by atoms with van der Waals surface area (Å²) < 4.78 is 23.4. The maximum absolute atomic E-state index is 12.9. The summed E-state index contributed by atoms with van der Waals surface area (Å²) in [5.41, 5.74) is 1.40. The SMILES string of the molecule is O=C(C1=NN(Cc2ccccc2)C(=O)CC1)N1CCN(C2CCS(=O)(=O)C2)CC1. The second-order valence-electron chi connectivity index (χ2n) is 7.87. The van der Waals surface area contributed by atoms with Crippen LogP contribution in [0.2, 0.25) is 0 Å². The van der Waals surface area contributed by atoms with Crippen molar-refractivity contribution in [2.75, 3.05) is 37.7 Å². The van der Waals surface area contributed by atoms with Gasteiger partial charge in [-0.3, -0.25) is 14.5 Å². The molecular formula is C20H26N4O4S. The highest BCUT2D eigenvalue weighted by Gasteiger charge is 2.35. The van der Waals surface area contributed by atoms with Gasteiger partial charge in [0.05, 0.1) is 18.1 Å². The highest BCUT2D eigenvalue weighted by molar-refractivity contribution is 7.91. The van der Waals surface area contributed by atoms with E-state index < -0.39 is 9.84 Å². The average Bonchev–Trinajstić information content (AvgIpc) is 3.10. The Balaban J connectivity index is 1.36. The number of hydrogen-bond donors (Lipinski definition) is 0. The molecule has 0 aromatic heterocycles. The number of nitrogens with zero attached hydrogens (tertiary/aromatic N) is 4. The van der Waals surface area contributed by atoms with Crippen LogP contribution >= 0.6 is 0 Å². The number of hydrogen-bond acceptors (Lipinski definition) is 6. The molecular weight excluding hydrogens is 392 g/mol. The van der Waals surface area contributed by atoms with Crippen LogP contribution in [0.15, 0.2) is 35.4 Å². The van der Waals surface area contributed by atoms with E-state index in [1.807, 2.05) is 30.3 Å². The summed E-state index contributed by atoms with van der Waals surface area (Å²) in [6.07, 6.45) is 1.33. The summed E-state index contributed by atoms with van der Waals surface area (Å²) in [6.45, 7) is 2.82. The third-order valence-electron chi connectivity index (χ3n) is 5.85. The molecule has 156 valence electrons. The molecule has 0 bridgehead atoms. The molecule has 1 atom stereocenters. The quantitative estimate of drug-likeness (QED) is 0.710. The Kier molecular flexibility index (Phi) is 5.69. The van der Waals surface area contributed by atoms with Crippen molar-refractivity contribution in [2.45, 2.75) is 31.8 Å². The smallest absolute Gasteiger partial charge is 0.270 e. The fourth-order valence-corrected chi connectivity index (χ4v) is 5.93. The van der Waals surface area contributed by atoms with Gasteiger partial charge in [-0.25, -0.2) is 13.4 Å². The highest BCUT2D eigenvalue weighted by atomic mass is 32.2. The first-order valence-electron chi connectivity index (χ1n) is 10.1. The van der Waals surface area contributed by atoms with E-state index in [1.54, 1.807) is 4.90 Å². The van der Waals surface area contributed by atoms with Crippen molar-refractivity contribution < 1.29 is 18.0 Å². The van der Waals surface area contributed by atoms with Crippen LogP contribution in [0.5, 0.6) is 0 Å². The number of carbonyl (C=O) groups excluding carboxylic acids is 2. The fraction of sp³-hybridized carbons (Fsp3) is 0.550. The van der Waals surface area contributed by atoms with Crippen LogP contribution in [-0.4, -0.2) is 84.5 Å². The third-order valence-corrected chi connectivity index (χ3v) is 7.60. The van der Waals surface area contributed by atoms with Crippen molar-refractivity contribution in [2.24, 2.45) is 5.10 Å². The molecule has 3 aliphatic rings. The van der Waals surface area contributed by atoms with Crippen LogP contribution in [0.3, 0.4) is 0 Å². The number of carbonyl (C=O) groups is 2. The zero-order valence-corrected chi connectivity index (χ0v) is 17.2. The average molecular weight is 419 g/mol. The van der Waals surface area contributed by atoms with E-state index in [0.717, 1.165) is 5.56 Å². The van der Waals surface area contributed by atoms with E-state index in [4.69, 9.17) is 0 Å². The topological polar surface area (TPSA) is 90.4 Å². The predicted octanol–water partition coefficient (Wildman–Crippen LogP) is 0.496. The second-order valence-corrected chi connectivity index (χ2v) is 10.1. The highest BCUT2D eigenvalue weighted by Crippen LogP contribution is 2.20. The molecule has 2 amide bonds. The number of hydrazone groups is 1. The number of piperazine rings is 1. The van der Waals surface area contributed by atoms with Crippen LogP contribution in [0.4, 0.5) is 0 Å². The van der Waals surface area contributed by atoms with Gasteiger partial charge >= 0.3 is 0 Å². The molecule has 29 heavy (non-hydrogen) atoms. The summed E-state index contributed by atoms with van der Waals surface area (Å²) in [6, 6.07) is 9.68. The third kappa shape index (κ3) is 4.67. The number of sulfone groups is 1. The largest absolute Gasteiger partial charge is 0.335 e. The first kappa shape index (κ1) is 20.0. The van der Waals surface area contributed by atoms with Gasteiger partial charge in [0, 0.05) is 45.1 Å². The van der Waals surface area contributed by atoms with Crippen LogP contribution in [0, 0.1) is 0 Å². The fourth-order valence-electron chi connectivity index (χ4n) is 4.17. The van der Waals surface area contributed by atoms with Crippen molar-refractivity contribution in [1.29, 1.82) is 0 Å². The van der Waals surface area contributed by atoms with Gasteiger partial charge in [0.1, 0.15) is 5.71 Å². The van der Waals surface area contributed by atoms with Gasteiger partial charge in [0.25, 0.3) is 5.91 Å². The van der Waals surface area contributed by atoms with E-state index in [-0.39, 0.29) is 35.8 Å². The van der Waals surface area contributed by atoms with Crippen molar-refractivity contribution in [3.05, 3.63) is 35.9 Å². The lowest BCUT2D eigenvalue weighted by Crippen LogP contribution is -2.54. The molecule has 2 fully saturated rings. The molecule has 0 N–H and O–H groups in total. The van der Waals surface area contributed by atoms with Crippen molar-refractivity contribution in [3.8, 4) is 0 Å². The van der Waals surface area contributed by atoms with Crippen molar-refractivity contribution >= 4 is 27.4 Å². The van der Waals surface area contributed by atoms with Crippen LogP contribution < -0.4 is 0 Å². The van der Waals surface area contributed by atoms with Gasteiger partial charge in [0.2, 0.25) is 5.91 Å². The minimum Gasteiger partial charge on any atom is -0.335 e. The lowest BCUT2D eigenvalue weighted by molar-refractivity contribution is -0.132. The van der Waals surface area contributed by atoms with Gasteiger partial charge in [-0.15, -0.1) is 0 Å². The van der Waals surface area contributed by atoms with Gasteiger partial charge < -0.3 is 4.90 Å². The molecule has 1 aromatic rings. The molecule has 3 heterocycles. The molecule has 0 aliphatic carbocycles. The zero-order chi connectivity index (χ0) is 20.4. The first-order valence-corrected chi connectivity index (χ1v) is 11.9. The molecule has 2 saturated heterocycles. The molecule has 1 unspecified atom stereocenters. The minimum absolute atomic E-state index is 0.0716. The monoisotopic (exact) mass is 418 g/mol. The Morgan fingerprint density at radius 2 is 1.79 bits per heavy atom. The van der Waals surface area contributed by atoms with E-state index in [1.165, 1.54) is 5.01 Å². The van der Waals surface area contributed by atoms with E-state index in [2.05, 4.69) is 10.0 Å².